The third kappa shape index (κ3) is 17.8. The van der Waals surface area contributed by atoms with Crippen molar-refractivity contribution in [3.8, 4) is 5.75 Å². The van der Waals surface area contributed by atoms with E-state index in [1.54, 1.807) is 12.1 Å². The number of nitrogens with zero attached hydrogens (tertiary/aromatic N) is 1. The minimum atomic E-state index is -0.0691. The number of hydrogen-bond donors (Lipinski definition) is 2. The molecule has 0 bridgehead atoms. The van der Waals surface area contributed by atoms with Gasteiger partial charge in [0.05, 0.1) is 6.61 Å². The Morgan fingerprint density at radius 3 is 1.60 bits per heavy atom. The van der Waals surface area contributed by atoms with Crippen LogP contribution in [-0.2, 0) is 26.7 Å². The summed E-state index contributed by atoms with van der Waals surface area (Å²) in [6.45, 7) is 4.76. The summed E-state index contributed by atoms with van der Waals surface area (Å²) in [6, 6.07) is 3.41. The van der Waals surface area contributed by atoms with E-state index < -0.39 is 0 Å². The molecule has 1 heterocycles. The first kappa shape index (κ1) is 37.2. The first-order chi connectivity index (χ1) is 19.0. The SMILES string of the molecule is CCCCCCCC(=O)Nc1cc(OC[C]2[CH][CH][CH][CH]2)cc(NC(=O)CCCCCCC)n1.I[C]1[CH][CH][CH][CH]1.[Fe+2]. The average molecular weight is 701 g/mol. The van der Waals surface area contributed by atoms with Crippen molar-refractivity contribution in [1.82, 2.24) is 4.98 Å². The summed E-state index contributed by atoms with van der Waals surface area (Å²) in [5.41, 5.74) is 0. The van der Waals surface area contributed by atoms with E-state index in [2.05, 4.69) is 64.9 Å². The smallest absolute Gasteiger partial charge is 0.493 e. The van der Waals surface area contributed by atoms with Crippen LogP contribution in [0.3, 0.4) is 0 Å². The predicted octanol–water partition coefficient (Wildman–Crippen LogP) is 8.25. The zero-order chi connectivity index (χ0) is 28.1. The second-order valence-corrected chi connectivity index (χ2v) is 10.9. The summed E-state index contributed by atoms with van der Waals surface area (Å²) >= 11 is 2.28. The monoisotopic (exact) mass is 701 g/mol. The van der Waals surface area contributed by atoms with Crippen molar-refractivity contribution in [2.75, 3.05) is 17.2 Å². The Labute approximate surface area is 268 Å². The van der Waals surface area contributed by atoms with E-state index >= 15 is 0 Å². The number of aromatic nitrogens is 1. The van der Waals surface area contributed by atoms with E-state index in [0.717, 1.165) is 44.4 Å². The predicted molar refractivity (Wildman–Crippen MR) is 169 cm³/mol. The van der Waals surface area contributed by atoms with Gasteiger partial charge in [-0.25, -0.2) is 4.98 Å². The first-order valence-corrected chi connectivity index (χ1v) is 15.4. The molecule has 0 saturated heterocycles. The topological polar surface area (TPSA) is 80.3 Å². The van der Waals surface area contributed by atoms with Crippen molar-refractivity contribution >= 4 is 46.0 Å². The first-order valence-electron chi connectivity index (χ1n) is 14.3. The largest absolute Gasteiger partial charge is 2.00 e. The molecule has 1 aromatic heterocycles. The van der Waals surface area contributed by atoms with Crippen LogP contribution in [0.4, 0.5) is 11.6 Å². The van der Waals surface area contributed by atoms with E-state index in [-0.39, 0.29) is 28.9 Å². The summed E-state index contributed by atoms with van der Waals surface area (Å²) in [6.07, 6.45) is 27.9. The second kappa shape index (κ2) is 23.7. The van der Waals surface area contributed by atoms with Crippen LogP contribution in [0.15, 0.2) is 12.1 Å². The van der Waals surface area contributed by atoms with Gasteiger partial charge in [0.25, 0.3) is 0 Å². The van der Waals surface area contributed by atoms with E-state index in [0.29, 0.717) is 36.8 Å². The molecule has 2 fully saturated rings. The molecule has 40 heavy (non-hydrogen) atoms. The summed E-state index contributed by atoms with van der Waals surface area (Å²) in [5, 5.41) is 5.73. The maximum absolute atomic E-state index is 12.4. The third-order valence-electron chi connectivity index (χ3n) is 6.11. The van der Waals surface area contributed by atoms with Crippen LogP contribution in [0.25, 0.3) is 0 Å². The second-order valence-electron chi connectivity index (χ2n) is 9.68. The number of amides is 2. The summed E-state index contributed by atoms with van der Waals surface area (Å²) in [5.74, 6) is 2.27. The summed E-state index contributed by atoms with van der Waals surface area (Å²) < 4.78 is 7.22. The van der Waals surface area contributed by atoms with Crippen LogP contribution in [-0.4, -0.2) is 23.4 Å². The van der Waals surface area contributed by atoms with Gasteiger partial charge in [-0.1, -0.05) is 87.8 Å². The van der Waals surface area contributed by atoms with Crippen molar-refractivity contribution < 1.29 is 31.4 Å². The van der Waals surface area contributed by atoms with Gasteiger partial charge >= 0.3 is 17.1 Å². The van der Waals surface area contributed by atoms with Gasteiger partial charge in [-0.2, -0.15) is 0 Å². The molecule has 0 aromatic carbocycles. The summed E-state index contributed by atoms with van der Waals surface area (Å²) in [4.78, 5) is 29.2. The Kier molecular flexibility index (Phi) is 22.0. The van der Waals surface area contributed by atoms with Crippen molar-refractivity contribution in [3.05, 3.63) is 73.3 Å². The van der Waals surface area contributed by atoms with Gasteiger partial charge in [0, 0.05) is 34.8 Å². The molecular weight excluding hydrogens is 657 g/mol. The molecule has 10 radical (unpaired) electrons. The molecular formula is C32H44FeIN3O3+2. The Morgan fingerprint density at radius 1 is 0.725 bits per heavy atom. The fraction of sp³-hybridized carbons (Fsp3) is 0.469. The van der Waals surface area contributed by atoms with Crippen molar-refractivity contribution in [2.24, 2.45) is 0 Å². The Hall–Kier alpha value is -0.861. The Morgan fingerprint density at radius 2 is 1.18 bits per heavy atom. The molecule has 0 spiro atoms. The number of halogens is 1. The van der Waals surface area contributed by atoms with Crippen molar-refractivity contribution in [2.45, 2.75) is 90.9 Å². The van der Waals surface area contributed by atoms with Gasteiger partial charge in [0.2, 0.25) is 11.8 Å². The number of hydrogen-bond acceptors (Lipinski definition) is 4. The molecule has 2 saturated carbocycles. The van der Waals surface area contributed by atoms with Crippen LogP contribution < -0.4 is 15.4 Å². The number of carbonyl (C=O) groups excluding carboxylic acids is 2. The molecule has 218 valence electrons. The maximum Gasteiger partial charge on any atom is 2.00 e. The molecule has 2 N–H and O–H groups in total. The van der Waals surface area contributed by atoms with Gasteiger partial charge in [-0.15, -0.1) is 0 Å². The van der Waals surface area contributed by atoms with E-state index in [4.69, 9.17) is 4.74 Å². The number of ether oxygens (including phenoxy) is 1. The molecule has 2 amide bonds. The van der Waals surface area contributed by atoms with Crippen molar-refractivity contribution in [3.63, 3.8) is 0 Å². The molecule has 0 atom stereocenters. The number of carbonyl (C=O) groups is 2. The van der Waals surface area contributed by atoms with E-state index in [9.17, 15) is 9.59 Å². The van der Waals surface area contributed by atoms with Gasteiger partial charge in [0.1, 0.15) is 17.4 Å². The molecule has 8 heteroatoms. The molecule has 6 nitrogen and oxygen atoms in total. The van der Waals surface area contributed by atoms with Gasteiger partial charge < -0.3 is 15.4 Å². The average Bonchev–Trinajstić information content (AvgIpc) is 3.61. The molecule has 0 aliphatic heterocycles. The van der Waals surface area contributed by atoms with Crippen molar-refractivity contribution in [1.29, 1.82) is 0 Å². The minimum Gasteiger partial charge on any atom is -0.493 e. The van der Waals surface area contributed by atoms with Crippen LogP contribution in [0, 0.1) is 61.2 Å². The Balaban J connectivity index is 0.00000101. The number of unbranched alkanes of at least 4 members (excludes halogenated alkanes) is 8. The normalized spacial score (nSPS) is 15.2. The number of pyridine rings is 1. The summed E-state index contributed by atoms with van der Waals surface area (Å²) in [7, 11) is 0. The van der Waals surface area contributed by atoms with E-state index in [1.807, 2.05) is 38.5 Å². The number of anilines is 2. The molecule has 1 aromatic rings. The van der Waals surface area contributed by atoms with Gasteiger partial charge in [0.15, 0.2) is 0 Å². The molecule has 3 rings (SSSR count). The minimum absolute atomic E-state index is 0. The molecule has 2 aliphatic carbocycles. The third-order valence-corrected chi connectivity index (χ3v) is 6.83. The van der Waals surface area contributed by atoms with Crippen LogP contribution in [0.1, 0.15) is 90.9 Å². The van der Waals surface area contributed by atoms with Crippen LogP contribution in [0.2, 0.25) is 0 Å². The molecule has 0 unspecified atom stereocenters. The number of nitrogens with one attached hydrogen (secondary N) is 2. The van der Waals surface area contributed by atoms with Crippen LogP contribution >= 0.6 is 22.6 Å². The van der Waals surface area contributed by atoms with Gasteiger partial charge in [-0.3, -0.25) is 9.59 Å². The zero-order valence-corrected chi connectivity index (χ0v) is 27.1. The number of rotatable bonds is 17. The Bertz CT molecular complexity index is 768. The fourth-order valence-electron chi connectivity index (χ4n) is 3.93. The quantitative estimate of drug-likeness (QED) is 0.0975. The zero-order valence-electron chi connectivity index (χ0n) is 23.9. The molecule has 2 aliphatic rings. The van der Waals surface area contributed by atoms with Gasteiger partial charge in [-0.05, 0) is 64.2 Å². The maximum atomic E-state index is 12.4. The fourth-order valence-corrected chi connectivity index (χ4v) is 4.35. The van der Waals surface area contributed by atoms with Crippen LogP contribution in [0.5, 0.6) is 5.75 Å². The standard InChI is InChI=1S/C27H40N3O3.C5H4I.Fe/c1-3-5-7-9-11-17-26(31)29-24-19-23(33-21-22-15-13-14-16-22)20-25(28-24)30-27(32)18-12-10-8-6-4-2;6-5-3-1-2-4-5;/h13-16,19-20H,3-12,17-18,21H2,1-2H3,(H2,28,29,30,31,32);1-4H;/q;;+2. The van der Waals surface area contributed by atoms with E-state index in [1.165, 1.54) is 29.6 Å².